The third kappa shape index (κ3) is 2.78. The van der Waals surface area contributed by atoms with Gasteiger partial charge in [-0.15, -0.1) is 0 Å². The van der Waals surface area contributed by atoms with Crippen molar-refractivity contribution in [3.8, 4) is 0 Å². The Labute approximate surface area is 129 Å². The lowest BCUT2D eigenvalue weighted by atomic mass is 9.99. The molecule has 0 radical (unpaired) electrons. The number of aryl methyl sites for hydroxylation is 1. The summed E-state index contributed by atoms with van der Waals surface area (Å²) < 4.78 is 40.5. The number of piperidine rings is 1. The summed E-state index contributed by atoms with van der Waals surface area (Å²) in [5.41, 5.74) is 0.948. The van der Waals surface area contributed by atoms with Gasteiger partial charge in [-0.3, -0.25) is 0 Å². The average Bonchev–Trinajstić information content (AvgIpc) is 2.94. The van der Waals surface area contributed by atoms with E-state index in [-0.39, 0.29) is 10.8 Å². The highest BCUT2D eigenvalue weighted by molar-refractivity contribution is 7.89. The molecule has 1 aliphatic rings. The van der Waals surface area contributed by atoms with Crippen LogP contribution in [0.25, 0.3) is 0 Å². The van der Waals surface area contributed by atoms with Crippen LogP contribution in [0.2, 0.25) is 0 Å². The maximum absolute atomic E-state index is 13.8. The first kappa shape index (κ1) is 15.2. The largest absolute Gasteiger partial charge is 0.346 e. The Morgan fingerprint density at radius 3 is 2.82 bits per heavy atom. The van der Waals surface area contributed by atoms with Gasteiger partial charge in [0.1, 0.15) is 16.5 Å². The van der Waals surface area contributed by atoms with Crippen LogP contribution in [0.5, 0.6) is 0 Å². The second kappa shape index (κ2) is 5.81. The second-order valence-electron chi connectivity index (χ2n) is 5.58. The molecule has 1 aliphatic heterocycles. The van der Waals surface area contributed by atoms with E-state index in [4.69, 9.17) is 0 Å². The van der Waals surface area contributed by atoms with Crippen LogP contribution < -0.4 is 0 Å². The van der Waals surface area contributed by atoms with E-state index >= 15 is 0 Å². The van der Waals surface area contributed by atoms with Crippen LogP contribution in [0.1, 0.15) is 30.3 Å². The average molecular weight is 323 g/mol. The highest BCUT2D eigenvalue weighted by Crippen LogP contribution is 2.29. The molecule has 2 heterocycles. The monoisotopic (exact) mass is 323 g/mol. The summed E-state index contributed by atoms with van der Waals surface area (Å²) in [4.78, 5) is 7.20. The SMILES string of the molecule is Cc1cnc(C2CCCN(S(=O)(=O)c3ccccc3F)C2)[nH]1. The smallest absolute Gasteiger partial charge is 0.246 e. The third-order valence-corrected chi connectivity index (χ3v) is 5.85. The van der Waals surface area contributed by atoms with Gasteiger partial charge >= 0.3 is 0 Å². The number of hydrogen-bond donors (Lipinski definition) is 1. The van der Waals surface area contributed by atoms with Crippen molar-refractivity contribution >= 4 is 10.0 Å². The number of halogens is 1. The molecule has 0 spiro atoms. The molecule has 1 unspecified atom stereocenters. The summed E-state index contributed by atoms with van der Waals surface area (Å²) >= 11 is 0. The fraction of sp³-hybridized carbons (Fsp3) is 0.400. The number of aromatic amines is 1. The molecule has 7 heteroatoms. The normalized spacial score (nSPS) is 20.2. The molecule has 118 valence electrons. The van der Waals surface area contributed by atoms with Crippen molar-refractivity contribution in [3.63, 3.8) is 0 Å². The highest BCUT2D eigenvalue weighted by Gasteiger charge is 2.33. The van der Waals surface area contributed by atoms with E-state index in [0.29, 0.717) is 13.1 Å². The minimum Gasteiger partial charge on any atom is -0.346 e. The standard InChI is InChI=1S/C15H18FN3O2S/c1-11-9-17-15(18-11)12-5-4-8-19(10-12)22(20,21)14-7-3-2-6-13(14)16/h2-3,6-7,9,12H,4-5,8,10H2,1H3,(H,17,18). The number of rotatable bonds is 3. The van der Waals surface area contributed by atoms with E-state index in [1.54, 1.807) is 6.20 Å². The summed E-state index contributed by atoms with van der Waals surface area (Å²) in [5, 5.41) is 0. The molecule has 0 aliphatic carbocycles. The molecular formula is C15H18FN3O2S. The van der Waals surface area contributed by atoms with Crippen LogP contribution >= 0.6 is 0 Å². The van der Waals surface area contributed by atoms with E-state index in [9.17, 15) is 12.8 Å². The minimum atomic E-state index is -3.81. The second-order valence-corrected chi connectivity index (χ2v) is 7.49. The molecule has 1 fully saturated rings. The zero-order valence-electron chi connectivity index (χ0n) is 12.3. The summed E-state index contributed by atoms with van der Waals surface area (Å²) in [7, 11) is -3.81. The lowest BCUT2D eigenvalue weighted by Gasteiger charge is -2.31. The molecule has 1 aromatic carbocycles. The van der Waals surface area contributed by atoms with Gasteiger partial charge < -0.3 is 4.98 Å². The molecule has 1 atom stereocenters. The molecule has 1 aromatic heterocycles. The molecule has 3 rings (SSSR count). The third-order valence-electron chi connectivity index (χ3n) is 3.95. The molecule has 1 N–H and O–H groups in total. The van der Waals surface area contributed by atoms with E-state index < -0.39 is 15.8 Å². The minimum absolute atomic E-state index is 0.0176. The lowest BCUT2D eigenvalue weighted by molar-refractivity contribution is 0.309. The fourth-order valence-corrected chi connectivity index (χ4v) is 4.41. The summed E-state index contributed by atoms with van der Waals surface area (Å²) in [6, 6.07) is 5.50. The van der Waals surface area contributed by atoms with Gasteiger partial charge in [0.2, 0.25) is 10.0 Å². The number of hydrogen-bond acceptors (Lipinski definition) is 3. The van der Waals surface area contributed by atoms with Crippen molar-refractivity contribution < 1.29 is 12.8 Å². The topological polar surface area (TPSA) is 66.1 Å². The molecule has 22 heavy (non-hydrogen) atoms. The molecule has 0 amide bonds. The quantitative estimate of drug-likeness (QED) is 0.943. The van der Waals surface area contributed by atoms with Crippen LogP contribution in [-0.4, -0.2) is 35.8 Å². The molecule has 0 bridgehead atoms. The van der Waals surface area contributed by atoms with Gasteiger partial charge in [0.25, 0.3) is 0 Å². The van der Waals surface area contributed by atoms with Crippen molar-refractivity contribution in [2.75, 3.05) is 13.1 Å². The Morgan fingerprint density at radius 1 is 1.36 bits per heavy atom. The van der Waals surface area contributed by atoms with E-state index in [0.717, 1.165) is 24.4 Å². The molecule has 0 saturated carbocycles. The number of sulfonamides is 1. The predicted octanol–water partition coefficient (Wildman–Crippen LogP) is 2.43. The molecule has 2 aromatic rings. The number of nitrogens with zero attached hydrogens (tertiary/aromatic N) is 2. The Balaban J connectivity index is 1.87. The van der Waals surface area contributed by atoms with Crippen molar-refractivity contribution in [1.82, 2.24) is 14.3 Å². The zero-order valence-corrected chi connectivity index (χ0v) is 13.1. The van der Waals surface area contributed by atoms with Crippen molar-refractivity contribution in [1.29, 1.82) is 0 Å². The maximum atomic E-state index is 13.8. The van der Waals surface area contributed by atoms with Gasteiger partial charge in [0.05, 0.1) is 0 Å². The summed E-state index contributed by atoms with van der Waals surface area (Å²) in [5.74, 6) is 0.105. The lowest BCUT2D eigenvalue weighted by Crippen LogP contribution is -2.39. The van der Waals surface area contributed by atoms with Gasteiger partial charge in [-0.25, -0.2) is 17.8 Å². The maximum Gasteiger partial charge on any atom is 0.246 e. The Hall–Kier alpha value is -1.73. The number of aromatic nitrogens is 2. The van der Waals surface area contributed by atoms with Crippen LogP contribution in [0, 0.1) is 12.7 Å². The van der Waals surface area contributed by atoms with E-state index in [2.05, 4.69) is 9.97 Å². The summed E-state index contributed by atoms with van der Waals surface area (Å²) in [6.45, 7) is 2.64. The summed E-state index contributed by atoms with van der Waals surface area (Å²) in [6.07, 6.45) is 3.34. The Morgan fingerprint density at radius 2 is 2.14 bits per heavy atom. The number of H-pyrrole nitrogens is 1. The first-order valence-electron chi connectivity index (χ1n) is 7.24. The first-order chi connectivity index (χ1) is 10.5. The van der Waals surface area contributed by atoms with Crippen LogP contribution in [0.3, 0.4) is 0 Å². The van der Waals surface area contributed by atoms with E-state index in [1.165, 1.54) is 28.6 Å². The molecule has 1 saturated heterocycles. The predicted molar refractivity (Wildman–Crippen MR) is 80.5 cm³/mol. The van der Waals surface area contributed by atoms with Gasteiger partial charge in [-0.2, -0.15) is 4.31 Å². The van der Waals surface area contributed by atoms with Crippen molar-refractivity contribution in [2.24, 2.45) is 0 Å². The van der Waals surface area contributed by atoms with Crippen LogP contribution in [-0.2, 0) is 10.0 Å². The van der Waals surface area contributed by atoms with Crippen molar-refractivity contribution in [2.45, 2.75) is 30.6 Å². The highest BCUT2D eigenvalue weighted by atomic mass is 32.2. The Bertz CT molecular complexity index is 773. The van der Waals surface area contributed by atoms with Gasteiger partial charge in [0.15, 0.2) is 0 Å². The molecular weight excluding hydrogens is 305 g/mol. The number of nitrogens with one attached hydrogen (secondary N) is 1. The molecule has 5 nitrogen and oxygen atoms in total. The van der Waals surface area contributed by atoms with Crippen LogP contribution in [0.4, 0.5) is 4.39 Å². The Kier molecular flexibility index (Phi) is 4.01. The van der Waals surface area contributed by atoms with Gasteiger partial charge in [-0.1, -0.05) is 12.1 Å². The zero-order chi connectivity index (χ0) is 15.7. The van der Waals surface area contributed by atoms with Crippen molar-refractivity contribution in [3.05, 3.63) is 47.8 Å². The van der Waals surface area contributed by atoms with Gasteiger partial charge in [-0.05, 0) is 31.9 Å². The number of benzene rings is 1. The van der Waals surface area contributed by atoms with E-state index in [1.807, 2.05) is 6.92 Å². The fourth-order valence-electron chi connectivity index (χ4n) is 2.82. The first-order valence-corrected chi connectivity index (χ1v) is 8.68. The number of imidazole rings is 1. The van der Waals surface area contributed by atoms with Crippen LogP contribution in [0.15, 0.2) is 35.4 Å². The van der Waals surface area contributed by atoms with Gasteiger partial charge in [0, 0.05) is 30.9 Å².